The average Bonchev–Trinajstić information content (AvgIpc) is 2.61. The van der Waals surface area contributed by atoms with Gasteiger partial charge in [-0.1, -0.05) is 40.9 Å². The summed E-state index contributed by atoms with van der Waals surface area (Å²) in [4.78, 5) is 15.9. The normalized spacial score (nSPS) is 13.8. The molecule has 0 spiro atoms. The summed E-state index contributed by atoms with van der Waals surface area (Å²) in [7, 11) is -4.16. The smallest absolute Gasteiger partial charge is 0.327 e. The van der Waals surface area contributed by atoms with Crippen molar-refractivity contribution in [3.63, 3.8) is 0 Å². The molecule has 0 aliphatic heterocycles. The minimum absolute atomic E-state index is 0.0333. The number of carbonyl (C=O) groups is 1. The molecule has 0 aliphatic carbocycles. The fourth-order valence-electron chi connectivity index (χ4n) is 1.96. The Hall–Kier alpha value is -1.42. The lowest BCUT2D eigenvalue weighted by Gasteiger charge is -2.20. The van der Waals surface area contributed by atoms with Crippen molar-refractivity contribution in [3.8, 4) is 0 Å². The minimum atomic E-state index is -4.16. The van der Waals surface area contributed by atoms with E-state index in [0.29, 0.717) is 5.56 Å². The highest BCUT2D eigenvalue weighted by atomic mass is 35.5. The van der Waals surface area contributed by atoms with E-state index in [1.165, 1.54) is 31.3 Å². The molecule has 2 aromatic rings. The Morgan fingerprint density at radius 3 is 2.48 bits per heavy atom. The number of nitrogens with one attached hydrogen (secondary N) is 1. The molecule has 27 heavy (non-hydrogen) atoms. The maximum atomic E-state index is 12.5. The molecule has 0 aliphatic rings. The van der Waals surface area contributed by atoms with Gasteiger partial charge in [-0.15, -0.1) is 0 Å². The highest BCUT2D eigenvalue weighted by Crippen LogP contribution is 2.25. The van der Waals surface area contributed by atoms with Crippen LogP contribution in [0, 0.1) is 0 Å². The van der Waals surface area contributed by atoms with Crippen molar-refractivity contribution < 1.29 is 23.1 Å². The summed E-state index contributed by atoms with van der Waals surface area (Å²) in [6.45, 7) is 1.09. The fourth-order valence-corrected chi connectivity index (χ4v) is 3.72. The standard InChI is InChI=1S/C16H15Cl3N2O5S/c1-9(22)15(16(23)26-8-10-2-5-14(19)20-7-10)21-27(24,25)11-3-4-12(17)13(18)6-11/h2-7,9,15,21-22H,8H2,1H3. The average molecular weight is 454 g/mol. The van der Waals surface area contributed by atoms with Crippen LogP contribution in [0.2, 0.25) is 15.2 Å². The minimum Gasteiger partial charge on any atom is -0.459 e. The molecule has 1 aromatic heterocycles. The van der Waals surface area contributed by atoms with Crippen LogP contribution in [0.25, 0.3) is 0 Å². The second kappa shape index (κ2) is 9.18. The van der Waals surface area contributed by atoms with Crippen molar-refractivity contribution in [1.82, 2.24) is 9.71 Å². The second-order valence-corrected chi connectivity index (χ2v) is 8.43. The largest absolute Gasteiger partial charge is 0.459 e. The van der Waals surface area contributed by atoms with Crippen LogP contribution >= 0.6 is 34.8 Å². The Labute approximate surface area is 171 Å². The van der Waals surface area contributed by atoms with Gasteiger partial charge in [0.05, 0.1) is 21.0 Å². The highest BCUT2D eigenvalue weighted by Gasteiger charge is 2.31. The molecule has 0 radical (unpaired) electrons. The molecule has 0 saturated carbocycles. The van der Waals surface area contributed by atoms with E-state index in [2.05, 4.69) is 9.71 Å². The first-order valence-electron chi connectivity index (χ1n) is 7.52. The monoisotopic (exact) mass is 452 g/mol. The van der Waals surface area contributed by atoms with Gasteiger partial charge in [0.25, 0.3) is 0 Å². The number of aromatic nitrogens is 1. The van der Waals surface area contributed by atoms with Crippen molar-refractivity contribution in [1.29, 1.82) is 0 Å². The van der Waals surface area contributed by atoms with E-state index in [1.807, 2.05) is 0 Å². The maximum absolute atomic E-state index is 12.5. The van der Waals surface area contributed by atoms with Gasteiger partial charge in [-0.3, -0.25) is 4.79 Å². The first-order valence-corrected chi connectivity index (χ1v) is 10.1. The third-order valence-corrected chi connectivity index (χ3v) is 5.79. The van der Waals surface area contributed by atoms with Gasteiger partial charge in [-0.25, -0.2) is 13.4 Å². The summed E-state index contributed by atoms with van der Waals surface area (Å²) in [5, 5.41) is 10.3. The molecule has 146 valence electrons. The van der Waals surface area contributed by atoms with Crippen LogP contribution in [0.15, 0.2) is 41.4 Å². The van der Waals surface area contributed by atoms with Gasteiger partial charge in [0, 0.05) is 11.8 Å². The van der Waals surface area contributed by atoms with Gasteiger partial charge in [0.15, 0.2) is 0 Å². The number of rotatable bonds is 7. The zero-order valence-electron chi connectivity index (χ0n) is 13.9. The van der Waals surface area contributed by atoms with E-state index in [1.54, 1.807) is 6.07 Å². The topological polar surface area (TPSA) is 106 Å². The maximum Gasteiger partial charge on any atom is 0.327 e. The third kappa shape index (κ3) is 6.03. The van der Waals surface area contributed by atoms with E-state index < -0.39 is 28.1 Å². The molecule has 1 aromatic carbocycles. The summed E-state index contributed by atoms with van der Waals surface area (Å²) in [5.74, 6) is -0.955. The Balaban J connectivity index is 2.12. The molecule has 0 fully saturated rings. The number of aliphatic hydroxyl groups excluding tert-OH is 1. The number of carbonyl (C=O) groups excluding carboxylic acids is 1. The fraction of sp³-hybridized carbons (Fsp3) is 0.250. The highest BCUT2D eigenvalue weighted by molar-refractivity contribution is 7.89. The van der Waals surface area contributed by atoms with Gasteiger partial charge in [0.2, 0.25) is 10.0 Å². The van der Waals surface area contributed by atoms with Crippen molar-refractivity contribution in [3.05, 3.63) is 57.3 Å². The van der Waals surface area contributed by atoms with Crippen LogP contribution in [-0.4, -0.2) is 36.6 Å². The number of pyridine rings is 1. The van der Waals surface area contributed by atoms with Gasteiger partial charge in [-0.2, -0.15) is 4.72 Å². The predicted molar refractivity (Wildman–Crippen MR) is 101 cm³/mol. The summed E-state index contributed by atoms with van der Waals surface area (Å²) < 4.78 is 32.1. The Morgan fingerprint density at radius 2 is 1.93 bits per heavy atom. The van der Waals surface area contributed by atoms with Crippen molar-refractivity contribution in [2.45, 2.75) is 30.6 Å². The Morgan fingerprint density at radius 1 is 1.22 bits per heavy atom. The van der Waals surface area contributed by atoms with Gasteiger partial charge < -0.3 is 9.84 Å². The van der Waals surface area contributed by atoms with Crippen molar-refractivity contribution >= 4 is 50.8 Å². The number of aliphatic hydroxyl groups is 1. The number of hydrogen-bond acceptors (Lipinski definition) is 6. The number of sulfonamides is 1. The number of nitrogens with zero attached hydrogens (tertiary/aromatic N) is 1. The molecule has 2 N–H and O–H groups in total. The third-order valence-electron chi connectivity index (χ3n) is 3.39. The summed E-state index contributed by atoms with van der Waals surface area (Å²) >= 11 is 17.3. The van der Waals surface area contributed by atoms with Crippen LogP contribution in [-0.2, 0) is 26.2 Å². The summed E-state index contributed by atoms with van der Waals surface area (Å²) in [6.07, 6.45) is 0.0609. The first-order chi connectivity index (χ1) is 12.6. The molecular formula is C16H15Cl3N2O5S. The van der Waals surface area contributed by atoms with Crippen LogP contribution in [0.5, 0.6) is 0 Å². The first kappa shape index (κ1) is 21.9. The molecule has 0 bridgehead atoms. The lowest BCUT2D eigenvalue weighted by molar-refractivity contribution is -0.149. The molecule has 1 heterocycles. The van der Waals surface area contributed by atoms with E-state index in [4.69, 9.17) is 39.5 Å². The Bertz CT molecular complexity index is 920. The van der Waals surface area contributed by atoms with E-state index >= 15 is 0 Å². The number of ether oxygens (including phenoxy) is 1. The van der Waals surface area contributed by atoms with Crippen LogP contribution in [0.3, 0.4) is 0 Å². The number of benzene rings is 1. The molecule has 0 amide bonds. The number of halogens is 3. The Kier molecular flexibility index (Phi) is 7.44. The summed E-state index contributed by atoms with van der Waals surface area (Å²) in [5.41, 5.74) is 0.546. The van der Waals surface area contributed by atoms with Crippen LogP contribution in [0.1, 0.15) is 12.5 Å². The van der Waals surface area contributed by atoms with E-state index in [-0.39, 0.29) is 26.7 Å². The van der Waals surface area contributed by atoms with E-state index in [9.17, 15) is 18.3 Å². The zero-order chi connectivity index (χ0) is 20.2. The molecule has 7 nitrogen and oxygen atoms in total. The van der Waals surface area contributed by atoms with E-state index in [0.717, 1.165) is 6.07 Å². The van der Waals surface area contributed by atoms with Gasteiger partial charge in [-0.05, 0) is 31.2 Å². The quantitative estimate of drug-likeness (QED) is 0.493. The van der Waals surface area contributed by atoms with Crippen molar-refractivity contribution in [2.24, 2.45) is 0 Å². The molecular weight excluding hydrogens is 439 g/mol. The zero-order valence-corrected chi connectivity index (χ0v) is 17.0. The predicted octanol–water partition coefficient (Wildman–Crippen LogP) is 2.81. The summed E-state index contributed by atoms with van der Waals surface area (Å²) in [6, 6.07) is 5.26. The van der Waals surface area contributed by atoms with Crippen molar-refractivity contribution in [2.75, 3.05) is 0 Å². The molecule has 2 unspecified atom stereocenters. The molecule has 2 atom stereocenters. The lowest BCUT2D eigenvalue weighted by atomic mass is 10.2. The van der Waals surface area contributed by atoms with Gasteiger partial charge in [0.1, 0.15) is 17.8 Å². The second-order valence-electron chi connectivity index (χ2n) is 5.51. The molecule has 2 rings (SSSR count). The number of esters is 1. The molecule has 11 heteroatoms. The van der Waals surface area contributed by atoms with Gasteiger partial charge >= 0.3 is 5.97 Å². The SMILES string of the molecule is CC(O)C(NS(=O)(=O)c1ccc(Cl)c(Cl)c1)C(=O)OCc1ccc(Cl)nc1. The molecule has 0 saturated heterocycles. The number of hydrogen-bond donors (Lipinski definition) is 2. The van der Waals surface area contributed by atoms with Crippen LogP contribution in [0.4, 0.5) is 0 Å². The van der Waals surface area contributed by atoms with Crippen LogP contribution < -0.4 is 4.72 Å². The lowest BCUT2D eigenvalue weighted by Crippen LogP contribution is -2.48.